The molecule has 6 nitrogen and oxygen atoms in total. The van der Waals surface area contributed by atoms with Gasteiger partial charge in [-0.3, -0.25) is 9.59 Å². The summed E-state index contributed by atoms with van der Waals surface area (Å²) in [5.74, 6) is -0.613. The van der Waals surface area contributed by atoms with Crippen molar-refractivity contribution in [3.63, 3.8) is 0 Å². The molecule has 1 aliphatic heterocycles. The average Bonchev–Trinajstić information content (AvgIpc) is 3.61. The number of carbonyl (C=O) groups excluding carboxylic acids is 2. The molecule has 0 radical (unpaired) electrons. The van der Waals surface area contributed by atoms with Crippen molar-refractivity contribution in [1.29, 1.82) is 0 Å². The van der Waals surface area contributed by atoms with Crippen LogP contribution in [0.25, 0.3) is 0 Å². The van der Waals surface area contributed by atoms with Crippen LogP contribution in [0.3, 0.4) is 0 Å². The molecule has 0 spiro atoms. The quantitative estimate of drug-likeness (QED) is 0.541. The van der Waals surface area contributed by atoms with Crippen LogP contribution in [0.1, 0.15) is 59.0 Å². The molecule has 0 aromatic heterocycles. The van der Waals surface area contributed by atoms with Crippen LogP contribution in [-0.4, -0.2) is 55.6 Å². The largest absolute Gasteiger partial charge is 0.378 e. The summed E-state index contributed by atoms with van der Waals surface area (Å²) in [6.45, 7) is 3.08. The summed E-state index contributed by atoms with van der Waals surface area (Å²) >= 11 is 0. The number of rotatable bonds is 10. The Balaban J connectivity index is 1.32. The van der Waals surface area contributed by atoms with Crippen molar-refractivity contribution in [1.82, 2.24) is 10.2 Å². The number of nitrogens with two attached hydrogens (primary N) is 1. The lowest BCUT2D eigenvalue weighted by molar-refractivity contribution is -0.137. The topological polar surface area (TPSA) is 84.7 Å². The van der Waals surface area contributed by atoms with Crippen LogP contribution >= 0.6 is 0 Å². The highest BCUT2D eigenvalue weighted by Crippen LogP contribution is 2.40. The molecule has 1 saturated heterocycles. The summed E-state index contributed by atoms with van der Waals surface area (Å²) in [6, 6.07) is 14.3. The third kappa shape index (κ3) is 5.97. The van der Waals surface area contributed by atoms with E-state index in [1.165, 1.54) is 17.7 Å². The van der Waals surface area contributed by atoms with E-state index in [9.17, 15) is 14.0 Å². The minimum absolute atomic E-state index is 0.0403. The molecule has 2 amide bonds. The molecule has 7 heteroatoms. The van der Waals surface area contributed by atoms with Gasteiger partial charge in [-0.05, 0) is 55.1 Å². The van der Waals surface area contributed by atoms with Crippen LogP contribution in [0.15, 0.2) is 48.5 Å². The summed E-state index contributed by atoms with van der Waals surface area (Å²) in [5.41, 5.74) is 7.91. The van der Waals surface area contributed by atoms with Gasteiger partial charge in [0, 0.05) is 30.6 Å². The molecule has 0 unspecified atom stereocenters. The van der Waals surface area contributed by atoms with E-state index in [-0.39, 0.29) is 17.6 Å². The van der Waals surface area contributed by atoms with E-state index in [1.807, 2.05) is 29.2 Å². The van der Waals surface area contributed by atoms with Gasteiger partial charge in [-0.2, -0.15) is 0 Å². The van der Waals surface area contributed by atoms with E-state index in [0.29, 0.717) is 55.8 Å². The van der Waals surface area contributed by atoms with Crippen molar-refractivity contribution in [3.8, 4) is 0 Å². The normalized spacial score (nSPS) is 20.9. The second-order valence-electron chi connectivity index (χ2n) is 8.89. The van der Waals surface area contributed by atoms with Gasteiger partial charge < -0.3 is 20.7 Å². The number of unbranched alkanes of at least 4 members (excludes halogenated alkanes) is 1. The van der Waals surface area contributed by atoms with Crippen molar-refractivity contribution in [2.45, 2.75) is 43.6 Å². The standard InChI is InChI=1S/C26H32FN3O3/c27-19-10-8-18(9-11-19)23-17-24(23)29-12-4-3-7-22(26(32)30-13-15-33-16-14-30)20-5-1-2-6-21(20)25(28)31/h1-2,5-6,8-11,22-24,29H,3-4,7,12-17H2,(H2,28,31)/t22-,23-,24+/m0/s1. The summed E-state index contributed by atoms with van der Waals surface area (Å²) < 4.78 is 18.5. The van der Waals surface area contributed by atoms with Crippen LogP contribution in [-0.2, 0) is 9.53 Å². The molecule has 2 fully saturated rings. The zero-order chi connectivity index (χ0) is 23.2. The van der Waals surface area contributed by atoms with Crippen molar-refractivity contribution in [3.05, 3.63) is 71.0 Å². The number of benzene rings is 2. The van der Waals surface area contributed by atoms with Crippen molar-refractivity contribution < 1.29 is 18.7 Å². The highest BCUT2D eigenvalue weighted by molar-refractivity contribution is 5.97. The lowest BCUT2D eigenvalue weighted by Crippen LogP contribution is -2.43. The Labute approximate surface area is 194 Å². The second kappa shape index (κ2) is 10.9. The van der Waals surface area contributed by atoms with Gasteiger partial charge in [0.25, 0.3) is 0 Å². The molecule has 3 atom stereocenters. The van der Waals surface area contributed by atoms with Gasteiger partial charge in [-0.15, -0.1) is 0 Å². The maximum absolute atomic E-state index is 13.4. The number of nitrogens with zero attached hydrogens (tertiary/aromatic N) is 1. The fraction of sp³-hybridized carbons (Fsp3) is 0.462. The van der Waals surface area contributed by atoms with Gasteiger partial charge in [-0.1, -0.05) is 36.8 Å². The molecule has 1 saturated carbocycles. The van der Waals surface area contributed by atoms with Gasteiger partial charge in [0.05, 0.1) is 19.1 Å². The smallest absolute Gasteiger partial charge is 0.249 e. The third-order valence-corrected chi connectivity index (χ3v) is 6.64. The molecule has 0 bridgehead atoms. The van der Waals surface area contributed by atoms with E-state index in [4.69, 9.17) is 10.5 Å². The molecule has 3 N–H and O–H groups in total. The average molecular weight is 454 g/mol. The highest BCUT2D eigenvalue weighted by atomic mass is 19.1. The summed E-state index contributed by atoms with van der Waals surface area (Å²) in [6.07, 6.45) is 3.51. The van der Waals surface area contributed by atoms with Gasteiger partial charge in [0.1, 0.15) is 5.82 Å². The Hall–Kier alpha value is -2.77. The van der Waals surface area contributed by atoms with Crippen LogP contribution in [0.5, 0.6) is 0 Å². The van der Waals surface area contributed by atoms with E-state index in [2.05, 4.69) is 5.32 Å². The van der Waals surface area contributed by atoms with Crippen LogP contribution in [0.4, 0.5) is 4.39 Å². The Morgan fingerprint density at radius 1 is 1.09 bits per heavy atom. The van der Waals surface area contributed by atoms with E-state index in [1.54, 1.807) is 12.1 Å². The lowest BCUT2D eigenvalue weighted by Gasteiger charge is -2.31. The molecular weight excluding hydrogens is 421 g/mol. The molecule has 1 heterocycles. The molecule has 2 aliphatic rings. The van der Waals surface area contributed by atoms with Crippen LogP contribution in [0, 0.1) is 5.82 Å². The zero-order valence-electron chi connectivity index (χ0n) is 18.8. The van der Waals surface area contributed by atoms with Gasteiger partial charge >= 0.3 is 0 Å². The predicted molar refractivity (Wildman–Crippen MR) is 124 cm³/mol. The first-order chi connectivity index (χ1) is 16.0. The number of hydrogen-bond donors (Lipinski definition) is 2. The minimum Gasteiger partial charge on any atom is -0.378 e. The number of ether oxygens (including phenoxy) is 1. The second-order valence-corrected chi connectivity index (χ2v) is 8.89. The number of nitrogens with one attached hydrogen (secondary N) is 1. The van der Waals surface area contributed by atoms with Crippen molar-refractivity contribution >= 4 is 11.8 Å². The van der Waals surface area contributed by atoms with Crippen molar-refractivity contribution in [2.75, 3.05) is 32.8 Å². The van der Waals surface area contributed by atoms with Crippen molar-refractivity contribution in [2.24, 2.45) is 5.73 Å². The molecule has 2 aromatic rings. The molecular formula is C26H32FN3O3. The SMILES string of the molecule is NC(=O)c1ccccc1[C@H](CCCCN[C@@H]1C[C@H]1c1ccc(F)cc1)C(=O)N1CCOCC1. The lowest BCUT2D eigenvalue weighted by atomic mass is 9.88. The Morgan fingerprint density at radius 2 is 1.82 bits per heavy atom. The number of halogens is 1. The molecule has 2 aromatic carbocycles. The maximum atomic E-state index is 13.4. The number of hydrogen-bond acceptors (Lipinski definition) is 4. The Morgan fingerprint density at radius 3 is 2.55 bits per heavy atom. The number of amides is 2. The number of primary amides is 1. The summed E-state index contributed by atoms with van der Waals surface area (Å²) in [4.78, 5) is 27.2. The Kier molecular flexibility index (Phi) is 7.73. The number of morpholine rings is 1. The molecule has 4 rings (SSSR count). The van der Waals surface area contributed by atoms with Gasteiger partial charge in [0.15, 0.2) is 0 Å². The number of carbonyl (C=O) groups is 2. The van der Waals surface area contributed by atoms with E-state index < -0.39 is 5.91 Å². The fourth-order valence-electron chi connectivity index (χ4n) is 4.70. The van der Waals surface area contributed by atoms with Crippen LogP contribution < -0.4 is 11.1 Å². The summed E-state index contributed by atoms with van der Waals surface area (Å²) in [7, 11) is 0. The van der Waals surface area contributed by atoms with Gasteiger partial charge in [0.2, 0.25) is 11.8 Å². The Bertz CT molecular complexity index is 960. The molecule has 1 aliphatic carbocycles. The summed E-state index contributed by atoms with van der Waals surface area (Å²) in [5, 5.41) is 3.58. The van der Waals surface area contributed by atoms with E-state index >= 15 is 0 Å². The minimum atomic E-state index is -0.507. The molecule has 33 heavy (non-hydrogen) atoms. The zero-order valence-corrected chi connectivity index (χ0v) is 18.8. The first kappa shape index (κ1) is 23.4. The highest BCUT2D eigenvalue weighted by Gasteiger charge is 2.37. The molecule has 176 valence electrons. The van der Waals surface area contributed by atoms with Gasteiger partial charge in [-0.25, -0.2) is 4.39 Å². The monoisotopic (exact) mass is 453 g/mol. The predicted octanol–water partition coefficient (Wildman–Crippen LogP) is 3.18. The van der Waals surface area contributed by atoms with E-state index in [0.717, 1.165) is 25.8 Å². The van der Waals surface area contributed by atoms with Crippen LogP contribution in [0.2, 0.25) is 0 Å². The first-order valence-electron chi connectivity index (χ1n) is 11.8. The third-order valence-electron chi connectivity index (χ3n) is 6.64. The first-order valence-corrected chi connectivity index (χ1v) is 11.8. The maximum Gasteiger partial charge on any atom is 0.249 e. The fourth-order valence-corrected chi connectivity index (χ4v) is 4.70.